The van der Waals surface area contributed by atoms with Crippen LogP contribution in [-0.2, 0) is 0 Å². The van der Waals surface area contributed by atoms with E-state index in [0.717, 1.165) is 17.7 Å². The van der Waals surface area contributed by atoms with Crippen LogP contribution in [0.5, 0.6) is 0 Å². The van der Waals surface area contributed by atoms with Crippen molar-refractivity contribution in [2.45, 2.75) is 20.3 Å². The lowest BCUT2D eigenvalue weighted by Crippen LogP contribution is -2.12. The minimum atomic E-state index is 0.457. The molecule has 1 rings (SSSR count). The van der Waals surface area contributed by atoms with E-state index in [9.17, 15) is 0 Å². The van der Waals surface area contributed by atoms with Gasteiger partial charge in [-0.05, 0) is 13.3 Å². The molecule has 0 heterocycles. The van der Waals surface area contributed by atoms with Gasteiger partial charge in [-0.1, -0.05) is 37.3 Å². The molecule has 14 heavy (non-hydrogen) atoms. The van der Waals surface area contributed by atoms with E-state index in [2.05, 4.69) is 10.2 Å². The number of nitrogens with zero attached hydrogens (tertiary/aromatic N) is 2. The Kier molecular flexibility index (Phi) is 3.85. The van der Waals surface area contributed by atoms with Crippen LogP contribution in [0.1, 0.15) is 25.8 Å². The van der Waals surface area contributed by atoms with Crippen LogP contribution in [0.2, 0.25) is 0 Å². The number of rotatable bonds is 3. The molecule has 0 aliphatic rings. The van der Waals surface area contributed by atoms with E-state index in [-0.39, 0.29) is 0 Å². The molecule has 74 valence electrons. The molecule has 0 bridgehead atoms. The normalized spacial score (nSPS) is 13.0. The highest BCUT2D eigenvalue weighted by molar-refractivity contribution is 5.97. The van der Waals surface area contributed by atoms with E-state index < -0.39 is 0 Å². The van der Waals surface area contributed by atoms with Crippen molar-refractivity contribution < 1.29 is 0 Å². The van der Waals surface area contributed by atoms with E-state index in [4.69, 9.17) is 5.73 Å². The number of amidine groups is 1. The van der Waals surface area contributed by atoms with Gasteiger partial charge in [-0.25, -0.2) is 0 Å². The predicted molar refractivity (Wildman–Crippen MR) is 60.6 cm³/mol. The molecule has 2 N–H and O–H groups in total. The van der Waals surface area contributed by atoms with Gasteiger partial charge in [0.2, 0.25) is 0 Å². The Hall–Kier alpha value is -1.64. The van der Waals surface area contributed by atoms with Gasteiger partial charge >= 0.3 is 0 Å². The molecule has 3 nitrogen and oxygen atoms in total. The summed E-state index contributed by atoms with van der Waals surface area (Å²) in [7, 11) is 0. The van der Waals surface area contributed by atoms with Gasteiger partial charge in [0.1, 0.15) is 0 Å². The first kappa shape index (κ1) is 10.4. The van der Waals surface area contributed by atoms with Crippen LogP contribution in [0.15, 0.2) is 40.5 Å². The Morgan fingerprint density at radius 1 is 1.21 bits per heavy atom. The number of nitrogens with two attached hydrogens (primary N) is 1. The van der Waals surface area contributed by atoms with Crippen molar-refractivity contribution >= 4 is 11.5 Å². The quantitative estimate of drug-likeness (QED) is 0.442. The first-order valence-corrected chi connectivity index (χ1v) is 4.66. The zero-order valence-corrected chi connectivity index (χ0v) is 8.57. The van der Waals surface area contributed by atoms with Crippen molar-refractivity contribution in [1.29, 1.82) is 0 Å². The Morgan fingerprint density at radius 2 is 1.86 bits per heavy atom. The molecular weight excluding hydrogens is 174 g/mol. The van der Waals surface area contributed by atoms with E-state index >= 15 is 0 Å². The largest absolute Gasteiger partial charge is 0.382 e. The summed E-state index contributed by atoms with van der Waals surface area (Å²) in [5, 5.41) is 7.95. The van der Waals surface area contributed by atoms with Crippen LogP contribution in [-0.4, -0.2) is 11.5 Å². The summed E-state index contributed by atoms with van der Waals surface area (Å²) in [4.78, 5) is 0. The maximum Gasteiger partial charge on any atom is 0.153 e. The zero-order chi connectivity index (χ0) is 10.4. The third-order valence-electron chi connectivity index (χ3n) is 1.91. The van der Waals surface area contributed by atoms with Crippen molar-refractivity contribution in [1.82, 2.24) is 0 Å². The molecule has 1 aromatic rings. The molecule has 0 saturated carbocycles. The van der Waals surface area contributed by atoms with Crippen molar-refractivity contribution in [3.05, 3.63) is 35.9 Å². The van der Waals surface area contributed by atoms with Crippen LogP contribution >= 0.6 is 0 Å². The number of hydrogen-bond donors (Lipinski definition) is 1. The molecule has 0 aliphatic heterocycles. The third-order valence-corrected chi connectivity index (χ3v) is 1.91. The Morgan fingerprint density at radius 3 is 2.43 bits per heavy atom. The minimum absolute atomic E-state index is 0.457. The van der Waals surface area contributed by atoms with Gasteiger partial charge < -0.3 is 5.73 Å². The Bertz CT molecular complexity index is 339. The number of benzene rings is 1. The van der Waals surface area contributed by atoms with Gasteiger partial charge in [-0.15, -0.1) is 5.10 Å². The zero-order valence-electron chi connectivity index (χ0n) is 8.57. The second-order valence-electron chi connectivity index (χ2n) is 3.04. The highest BCUT2D eigenvalue weighted by atomic mass is 15.2. The van der Waals surface area contributed by atoms with Crippen molar-refractivity contribution in [3.63, 3.8) is 0 Å². The average Bonchev–Trinajstić information content (AvgIpc) is 2.26. The maximum absolute atomic E-state index is 5.74. The second kappa shape index (κ2) is 5.17. The molecule has 3 heteroatoms. The highest BCUT2D eigenvalue weighted by Crippen LogP contribution is 1.98. The summed E-state index contributed by atoms with van der Waals surface area (Å²) in [5.41, 5.74) is 7.62. The highest BCUT2D eigenvalue weighted by Gasteiger charge is 1.94. The first-order chi connectivity index (χ1) is 6.74. The Labute approximate surface area is 84.4 Å². The van der Waals surface area contributed by atoms with E-state index in [0.29, 0.717) is 5.84 Å². The third kappa shape index (κ3) is 3.01. The molecular formula is C11H15N3. The molecule has 0 aliphatic carbocycles. The van der Waals surface area contributed by atoms with Gasteiger partial charge in [0.15, 0.2) is 5.84 Å². The van der Waals surface area contributed by atoms with Crippen molar-refractivity contribution in [2.24, 2.45) is 15.9 Å². The molecule has 0 spiro atoms. The van der Waals surface area contributed by atoms with Crippen molar-refractivity contribution in [3.8, 4) is 0 Å². The molecule has 1 aromatic carbocycles. The molecule has 0 atom stereocenters. The lowest BCUT2D eigenvalue weighted by atomic mass is 10.2. The van der Waals surface area contributed by atoms with Gasteiger partial charge in [0.05, 0.1) is 0 Å². The topological polar surface area (TPSA) is 50.7 Å². The fraction of sp³-hybridized carbons (Fsp3) is 0.273. The van der Waals surface area contributed by atoms with Crippen LogP contribution in [0.4, 0.5) is 0 Å². The van der Waals surface area contributed by atoms with Gasteiger partial charge in [-0.3, -0.25) is 0 Å². The van der Waals surface area contributed by atoms with Crippen LogP contribution in [0.3, 0.4) is 0 Å². The smallest absolute Gasteiger partial charge is 0.153 e. The fourth-order valence-electron chi connectivity index (χ4n) is 0.877. The standard InChI is InChI=1S/C11H15N3/c1-3-9(2)13-14-11(12)10-7-5-4-6-8-10/h4-8H,3H2,1-2H3,(H2,12,14)/b13-9+. The molecule has 0 amide bonds. The molecule has 0 aromatic heterocycles. The summed E-state index contributed by atoms with van der Waals surface area (Å²) < 4.78 is 0. The monoisotopic (exact) mass is 189 g/mol. The van der Waals surface area contributed by atoms with E-state index in [1.165, 1.54) is 0 Å². The van der Waals surface area contributed by atoms with Crippen LogP contribution in [0, 0.1) is 0 Å². The summed E-state index contributed by atoms with van der Waals surface area (Å²) in [6.07, 6.45) is 0.894. The molecule has 0 fully saturated rings. The summed E-state index contributed by atoms with van der Waals surface area (Å²) in [5.74, 6) is 0.457. The maximum atomic E-state index is 5.74. The predicted octanol–water partition coefficient (Wildman–Crippen LogP) is 2.18. The average molecular weight is 189 g/mol. The summed E-state index contributed by atoms with van der Waals surface area (Å²) in [6.45, 7) is 3.97. The minimum Gasteiger partial charge on any atom is -0.382 e. The lowest BCUT2D eigenvalue weighted by Gasteiger charge is -1.97. The SMILES string of the molecule is CC/C(C)=N/N=C(\N)c1ccccc1. The fourth-order valence-corrected chi connectivity index (χ4v) is 0.877. The lowest BCUT2D eigenvalue weighted by molar-refractivity contribution is 1.15. The second-order valence-corrected chi connectivity index (χ2v) is 3.04. The first-order valence-electron chi connectivity index (χ1n) is 4.66. The Balaban J connectivity index is 2.81. The van der Waals surface area contributed by atoms with Gasteiger partial charge in [0.25, 0.3) is 0 Å². The van der Waals surface area contributed by atoms with Gasteiger partial charge in [0, 0.05) is 11.3 Å². The van der Waals surface area contributed by atoms with E-state index in [1.807, 2.05) is 44.2 Å². The summed E-state index contributed by atoms with van der Waals surface area (Å²) in [6, 6.07) is 9.62. The van der Waals surface area contributed by atoms with Crippen LogP contribution in [0.25, 0.3) is 0 Å². The molecule has 0 radical (unpaired) electrons. The molecule has 0 unspecified atom stereocenters. The van der Waals surface area contributed by atoms with E-state index in [1.54, 1.807) is 0 Å². The number of hydrogen-bond acceptors (Lipinski definition) is 2. The van der Waals surface area contributed by atoms with Crippen LogP contribution < -0.4 is 5.73 Å². The molecule has 0 saturated heterocycles. The van der Waals surface area contributed by atoms with Crippen molar-refractivity contribution in [2.75, 3.05) is 0 Å². The van der Waals surface area contributed by atoms with Gasteiger partial charge in [-0.2, -0.15) is 5.10 Å². The summed E-state index contributed by atoms with van der Waals surface area (Å²) >= 11 is 0.